The van der Waals surface area contributed by atoms with Crippen molar-refractivity contribution in [1.29, 1.82) is 0 Å². The highest BCUT2D eigenvalue weighted by molar-refractivity contribution is 6.13. The summed E-state index contributed by atoms with van der Waals surface area (Å²) in [5.74, 6) is 0. The Morgan fingerprint density at radius 3 is 1.74 bits per heavy atom. The van der Waals surface area contributed by atoms with Gasteiger partial charge in [-0.25, -0.2) is 0 Å². The smallest absolute Gasteiger partial charge is 0.159 e. The van der Waals surface area contributed by atoms with E-state index in [1.807, 2.05) is 6.07 Å². The molecule has 0 radical (unpaired) electrons. The molecule has 0 amide bonds. The molecule has 0 unspecified atom stereocenters. The molecule has 0 spiro atoms. The maximum absolute atomic E-state index is 6.86. The normalized spacial score (nSPS) is 13.0. The molecule has 1 aliphatic rings. The monoisotopic (exact) mass is 790 g/mol. The minimum Gasteiger partial charge on any atom is -0.454 e. The molecule has 13 rings (SSSR count). The zero-order valence-corrected chi connectivity index (χ0v) is 33.7. The van der Waals surface area contributed by atoms with Crippen molar-refractivity contribution in [2.45, 2.75) is 5.41 Å². The van der Waals surface area contributed by atoms with Crippen molar-refractivity contribution < 1.29 is 4.42 Å². The second-order valence-corrected chi connectivity index (χ2v) is 16.4. The lowest BCUT2D eigenvalue weighted by Gasteiger charge is -2.35. The van der Waals surface area contributed by atoms with Crippen LogP contribution in [-0.4, -0.2) is 4.57 Å². The van der Waals surface area contributed by atoms with E-state index in [0.717, 1.165) is 50.2 Å². The highest BCUT2D eigenvalue weighted by Gasteiger charge is 2.46. The van der Waals surface area contributed by atoms with Crippen LogP contribution in [0, 0.1) is 0 Å². The maximum Gasteiger partial charge on any atom is 0.159 e. The molecule has 62 heavy (non-hydrogen) atoms. The third-order valence-electron chi connectivity index (χ3n) is 13.2. The molecule has 0 N–H and O–H groups in total. The lowest BCUT2D eigenvalue weighted by atomic mass is 9.67. The number of benzene rings is 10. The van der Waals surface area contributed by atoms with E-state index >= 15 is 0 Å². The molecule has 12 aromatic rings. The van der Waals surface area contributed by atoms with Gasteiger partial charge < -0.3 is 13.9 Å². The summed E-state index contributed by atoms with van der Waals surface area (Å²) >= 11 is 0. The molecule has 0 saturated heterocycles. The number of hydrogen-bond acceptors (Lipinski definition) is 2. The number of furan rings is 1. The van der Waals surface area contributed by atoms with Crippen molar-refractivity contribution in [3.05, 3.63) is 253 Å². The largest absolute Gasteiger partial charge is 0.454 e. The summed E-state index contributed by atoms with van der Waals surface area (Å²) in [5.41, 5.74) is 15.2. The quantitative estimate of drug-likeness (QED) is 0.167. The van der Waals surface area contributed by atoms with Crippen molar-refractivity contribution in [1.82, 2.24) is 4.57 Å². The first kappa shape index (κ1) is 34.7. The van der Waals surface area contributed by atoms with Gasteiger partial charge in [0.15, 0.2) is 5.58 Å². The van der Waals surface area contributed by atoms with Crippen molar-refractivity contribution >= 4 is 71.6 Å². The van der Waals surface area contributed by atoms with Gasteiger partial charge in [-0.15, -0.1) is 0 Å². The van der Waals surface area contributed by atoms with E-state index in [-0.39, 0.29) is 0 Å². The van der Waals surface area contributed by atoms with Crippen molar-refractivity contribution in [2.24, 2.45) is 0 Å². The lowest BCUT2D eigenvalue weighted by molar-refractivity contribution is 0.669. The first-order valence-corrected chi connectivity index (χ1v) is 21.3. The average molecular weight is 791 g/mol. The van der Waals surface area contributed by atoms with E-state index in [9.17, 15) is 0 Å². The molecule has 2 heterocycles. The highest BCUT2D eigenvalue weighted by atomic mass is 16.3. The highest BCUT2D eigenvalue weighted by Crippen LogP contribution is 2.58. The molecule has 0 fully saturated rings. The molecule has 10 aromatic carbocycles. The Morgan fingerprint density at radius 1 is 0.387 bits per heavy atom. The van der Waals surface area contributed by atoms with Gasteiger partial charge >= 0.3 is 0 Å². The van der Waals surface area contributed by atoms with Gasteiger partial charge in [-0.1, -0.05) is 164 Å². The van der Waals surface area contributed by atoms with Crippen LogP contribution in [0.1, 0.15) is 22.3 Å². The first-order valence-electron chi connectivity index (χ1n) is 21.3. The topological polar surface area (TPSA) is 21.3 Å². The van der Waals surface area contributed by atoms with Crippen LogP contribution in [0.25, 0.3) is 71.3 Å². The number of anilines is 3. The second-order valence-electron chi connectivity index (χ2n) is 16.4. The summed E-state index contributed by atoms with van der Waals surface area (Å²) in [5, 5.41) is 7.09. The predicted molar refractivity (Wildman–Crippen MR) is 258 cm³/mol. The Bertz CT molecular complexity index is 3660. The van der Waals surface area contributed by atoms with Crippen LogP contribution in [0.15, 0.2) is 235 Å². The molecule has 0 aliphatic heterocycles. The zero-order valence-electron chi connectivity index (χ0n) is 33.7. The summed E-state index contributed by atoms with van der Waals surface area (Å²) in [7, 11) is 0. The van der Waals surface area contributed by atoms with E-state index in [0.29, 0.717) is 0 Å². The number of hydrogen-bond donors (Lipinski definition) is 0. The minimum atomic E-state index is -0.589. The molecule has 290 valence electrons. The number of aromatic nitrogens is 1. The number of rotatable bonds is 6. The molecular weight excluding hydrogens is 753 g/mol. The van der Waals surface area contributed by atoms with E-state index < -0.39 is 5.41 Å². The number of fused-ring (bicyclic) bond motifs is 10. The molecule has 3 heteroatoms. The summed E-state index contributed by atoms with van der Waals surface area (Å²) in [6.45, 7) is 0. The van der Waals surface area contributed by atoms with Gasteiger partial charge in [-0.05, 0) is 111 Å². The molecule has 0 atom stereocenters. The van der Waals surface area contributed by atoms with Crippen molar-refractivity contribution in [3.8, 4) is 16.8 Å². The van der Waals surface area contributed by atoms with Gasteiger partial charge in [-0.2, -0.15) is 0 Å². The third kappa shape index (κ3) is 4.94. The number of nitrogens with zero attached hydrogens (tertiary/aromatic N) is 2. The van der Waals surface area contributed by atoms with Crippen LogP contribution in [0.4, 0.5) is 17.1 Å². The van der Waals surface area contributed by atoms with Crippen LogP contribution >= 0.6 is 0 Å². The van der Waals surface area contributed by atoms with E-state index in [2.05, 4.69) is 234 Å². The van der Waals surface area contributed by atoms with Gasteiger partial charge in [0.25, 0.3) is 0 Å². The van der Waals surface area contributed by atoms with Crippen LogP contribution in [0.5, 0.6) is 0 Å². The Balaban J connectivity index is 1.13. The van der Waals surface area contributed by atoms with Crippen molar-refractivity contribution in [2.75, 3.05) is 4.90 Å². The molecule has 0 saturated carbocycles. The van der Waals surface area contributed by atoms with E-state index in [1.165, 1.54) is 60.4 Å². The fourth-order valence-electron chi connectivity index (χ4n) is 10.6. The van der Waals surface area contributed by atoms with Crippen molar-refractivity contribution in [3.63, 3.8) is 0 Å². The van der Waals surface area contributed by atoms with Gasteiger partial charge in [0, 0.05) is 38.6 Å². The standard InChI is InChI=1S/C59H38N2O/c1-4-19-41(20-5-1)59(42-21-6-2-7-22-42)52-36-40-18-11-10-17-39(40)35-51(52)46-33-31-44(37-53(46)59)60(55-29-16-27-50-49-26-13-15-30-57(49)62-58(50)55)45-32-34-48-47-25-12-14-28-54(47)61(56(48)38-45)43-23-8-3-9-24-43/h1-38H. The summed E-state index contributed by atoms with van der Waals surface area (Å²) in [4.78, 5) is 2.41. The third-order valence-corrected chi connectivity index (χ3v) is 13.2. The molecular formula is C59H38N2O. The Kier molecular flexibility index (Phi) is 7.52. The van der Waals surface area contributed by atoms with Crippen LogP contribution < -0.4 is 4.90 Å². The van der Waals surface area contributed by atoms with Gasteiger partial charge in [0.05, 0.1) is 22.1 Å². The van der Waals surface area contributed by atoms with Gasteiger partial charge in [0.2, 0.25) is 0 Å². The molecule has 2 aromatic heterocycles. The Morgan fingerprint density at radius 2 is 0.968 bits per heavy atom. The van der Waals surface area contributed by atoms with E-state index in [1.54, 1.807) is 0 Å². The van der Waals surface area contributed by atoms with Crippen LogP contribution in [0.3, 0.4) is 0 Å². The number of para-hydroxylation sites is 4. The summed E-state index contributed by atoms with van der Waals surface area (Å²) < 4.78 is 9.25. The minimum absolute atomic E-state index is 0.589. The molecule has 1 aliphatic carbocycles. The second kappa shape index (κ2) is 13.4. The zero-order chi connectivity index (χ0) is 40.8. The van der Waals surface area contributed by atoms with Gasteiger partial charge in [-0.3, -0.25) is 0 Å². The maximum atomic E-state index is 6.86. The fourth-order valence-corrected chi connectivity index (χ4v) is 10.6. The fraction of sp³-hybridized carbons (Fsp3) is 0.0169. The predicted octanol–water partition coefficient (Wildman–Crippen LogP) is 15.7. The Labute approximate surface area is 359 Å². The van der Waals surface area contributed by atoms with Crippen LogP contribution in [-0.2, 0) is 5.41 Å². The summed E-state index contributed by atoms with van der Waals surface area (Å²) in [6, 6.07) is 84.2. The van der Waals surface area contributed by atoms with Crippen LogP contribution in [0.2, 0.25) is 0 Å². The van der Waals surface area contributed by atoms with Gasteiger partial charge in [0.1, 0.15) is 5.58 Å². The Hall–Kier alpha value is -8.14. The summed E-state index contributed by atoms with van der Waals surface area (Å²) in [6.07, 6.45) is 0. The first-order chi connectivity index (χ1) is 30.8. The lowest BCUT2D eigenvalue weighted by Crippen LogP contribution is -2.28. The SMILES string of the molecule is c1ccc(-n2c3ccccc3c3ccc(N(c4ccc5c(c4)C(c4ccccc4)(c4ccccc4)c4cc6ccccc6cc4-5)c4cccc5c4oc4ccccc45)cc32)cc1. The molecule has 0 bridgehead atoms. The van der Waals surface area contributed by atoms with E-state index in [4.69, 9.17) is 4.42 Å². The molecule has 3 nitrogen and oxygen atoms in total. The average Bonchev–Trinajstić information content (AvgIpc) is 3.98.